The molecule has 17 heavy (non-hydrogen) atoms. The van der Waals surface area contributed by atoms with Crippen molar-refractivity contribution < 1.29 is 9.52 Å². The summed E-state index contributed by atoms with van der Waals surface area (Å²) in [5.74, 6) is 1.88. The van der Waals surface area contributed by atoms with Crippen LogP contribution in [0, 0.1) is 5.92 Å². The van der Waals surface area contributed by atoms with E-state index in [1.165, 1.54) is 32.1 Å². The molecule has 0 bridgehead atoms. The zero-order valence-corrected chi connectivity index (χ0v) is 10.5. The lowest BCUT2D eigenvalue weighted by molar-refractivity contribution is 0.00232. The molecule has 94 valence electrons. The van der Waals surface area contributed by atoms with Crippen LogP contribution in [0.4, 0.5) is 0 Å². The first-order valence-corrected chi connectivity index (χ1v) is 7.07. The number of fused-ring (bicyclic) bond motifs is 1. The van der Waals surface area contributed by atoms with E-state index in [0.29, 0.717) is 0 Å². The van der Waals surface area contributed by atoms with Gasteiger partial charge in [-0.1, -0.05) is 25.7 Å². The molecule has 1 aromatic rings. The van der Waals surface area contributed by atoms with Gasteiger partial charge in [-0.2, -0.15) is 0 Å². The number of furan rings is 1. The molecule has 2 nitrogen and oxygen atoms in total. The van der Waals surface area contributed by atoms with Gasteiger partial charge in [0.2, 0.25) is 0 Å². The molecule has 0 amide bonds. The Balaban J connectivity index is 1.69. The molecule has 1 N–H and O–H groups in total. The molecule has 1 heterocycles. The Bertz CT molecular complexity index is 376. The minimum absolute atomic E-state index is 0.594. The van der Waals surface area contributed by atoms with E-state index >= 15 is 0 Å². The highest BCUT2D eigenvalue weighted by atomic mass is 16.3. The highest BCUT2D eigenvalue weighted by molar-refractivity contribution is 5.27. The Morgan fingerprint density at radius 3 is 2.94 bits per heavy atom. The van der Waals surface area contributed by atoms with Gasteiger partial charge >= 0.3 is 0 Å². The fourth-order valence-electron chi connectivity index (χ4n) is 3.63. The van der Waals surface area contributed by atoms with Crippen LogP contribution in [0.25, 0.3) is 0 Å². The number of hydrogen-bond donors (Lipinski definition) is 1. The van der Waals surface area contributed by atoms with Gasteiger partial charge in [0.1, 0.15) is 5.76 Å². The first-order chi connectivity index (χ1) is 8.28. The molecular weight excluding hydrogens is 212 g/mol. The Kier molecular flexibility index (Phi) is 2.99. The first-order valence-electron chi connectivity index (χ1n) is 7.07. The van der Waals surface area contributed by atoms with Gasteiger partial charge in [-0.15, -0.1) is 0 Å². The summed E-state index contributed by atoms with van der Waals surface area (Å²) in [5.41, 5.74) is 0.477. The van der Waals surface area contributed by atoms with Crippen molar-refractivity contribution >= 4 is 0 Å². The summed E-state index contributed by atoms with van der Waals surface area (Å²) in [6.45, 7) is 0. The molecule has 1 unspecified atom stereocenters. The Labute approximate surface area is 103 Å². The zero-order chi connectivity index (χ0) is 11.7. The van der Waals surface area contributed by atoms with Crippen LogP contribution in [0.1, 0.15) is 62.7 Å². The van der Waals surface area contributed by atoms with Gasteiger partial charge in [0, 0.05) is 12.0 Å². The van der Waals surface area contributed by atoms with E-state index in [0.717, 1.165) is 42.9 Å². The topological polar surface area (TPSA) is 33.4 Å². The lowest BCUT2D eigenvalue weighted by Gasteiger charge is -2.32. The molecule has 0 spiro atoms. The van der Waals surface area contributed by atoms with E-state index in [1.807, 2.05) is 6.07 Å². The van der Waals surface area contributed by atoms with Gasteiger partial charge in [-0.25, -0.2) is 0 Å². The van der Waals surface area contributed by atoms with Gasteiger partial charge in [0.05, 0.1) is 11.9 Å². The molecule has 1 atom stereocenters. The summed E-state index contributed by atoms with van der Waals surface area (Å²) < 4.78 is 5.46. The van der Waals surface area contributed by atoms with E-state index in [4.69, 9.17) is 4.42 Å². The minimum atomic E-state index is -0.594. The SMILES string of the molecule is OC1(CCC2CCCC2)CCCc2occc21. The fourth-order valence-corrected chi connectivity index (χ4v) is 3.63. The summed E-state index contributed by atoms with van der Waals surface area (Å²) >= 11 is 0. The van der Waals surface area contributed by atoms with Gasteiger partial charge < -0.3 is 9.52 Å². The maximum atomic E-state index is 10.8. The Morgan fingerprint density at radius 1 is 1.29 bits per heavy atom. The van der Waals surface area contributed by atoms with Crippen LogP contribution in [0.3, 0.4) is 0 Å². The van der Waals surface area contributed by atoms with E-state index in [9.17, 15) is 5.11 Å². The smallest absolute Gasteiger partial charge is 0.109 e. The molecule has 0 saturated heterocycles. The molecule has 2 heteroatoms. The maximum Gasteiger partial charge on any atom is 0.109 e. The predicted octanol–water partition coefficient (Wildman–Crippen LogP) is 3.77. The van der Waals surface area contributed by atoms with Crippen LogP contribution in [0.5, 0.6) is 0 Å². The van der Waals surface area contributed by atoms with Crippen molar-refractivity contribution in [1.29, 1.82) is 0 Å². The van der Waals surface area contributed by atoms with Crippen molar-refractivity contribution in [2.24, 2.45) is 5.92 Å². The van der Waals surface area contributed by atoms with E-state index in [1.54, 1.807) is 6.26 Å². The van der Waals surface area contributed by atoms with E-state index < -0.39 is 5.60 Å². The average molecular weight is 234 g/mol. The lowest BCUT2D eigenvalue weighted by Crippen LogP contribution is -2.30. The number of aliphatic hydroxyl groups is 1. The third-order valence-corrected chi connectivity index (χ3v) is 4.68. The molecule has 2 aliphatic rings. The summed E-state index contributed by atoms with van der Waals surface area (Å²) in [7, 11) is 0. The molecule has 2 aliphatic carbocycles. The first kappa shape index (κ1) is 11.3. The molecule has 0 aliphatic heterocycles. The van der Waals surface area contributed by atoms with Gasteiger partial charge in [0.15, 0.2) is 0 Å². The van der Waals surface area contributed by atoms with E-state index in [2.05, 4.69) is 0 Å². The third-order valence-electron chi connectivity index (χ3n) is 4.68. The monoisotopic (exact) mass is 234 g/mol. The summed E-state index contributed by atoms with van der Waals surface area (Å²) in [4.78, 5) is 0. The fraction of sp³-hybridized carbons (Fsp3) is 0.733. The largest absolute Gasteiger partial charge is 0.469 e. The molecule has 3 rings (SSSR count). The van der Waals surface area contributed by atoms with Crippen LogP contribution in [-0.2, 0) is 12.0 Å². The Hall–Kier alpha value is -0.760. The lowest BCUT2D eigenvalue weighted by atomic mass is 9.78. The molecule has 1 fully saturated rings. The van der Waals surface area contributed by atoms with Crippen LogP contribution < -0.4 is 0 Å². The van der Waals surface area contributed by atoms with Gasteiger partial charge in [0.25, 0.3) is 0 Å². The second-order valence-corrected chi connectivity index (χ2v) is 5.83. The minimum Gasteiger partial charge on any atom is -0.469 e. The zero-order valence-electron chi connectivity index (χ0n) is 10.5. The highest BCUT2D eigenvalue weighted by Crippen LogP contribution is 2.41. The van der Waals surface area contributed by atoms with Crippen molar-refractivity contribution in [3.05, 3.63) is 23.7 Å². The Morgan fingerprint density at radius 2 is 2.12 bits per heavy atom. The van der Waals surface area contributed by atoms with Crippen molar-refractivity contribution in [2.75, 3.05) is 0 Å². The van der Waals surface area contributed by atoms with E-state index in [-0.39, 0.29) is 0 Å². The molecule has 1 aromatic heterocycles. The normalized spacial score (nSPS) is 29.5. The van der Waals surface area contributed by atoms with Gasteiger partial charge in [-0.3, -0.25) is 0 Å². The predicted molar refractivity (Wildman–Crippen MR) is 66.7 cm³/mol. The van der Waals surface area contributed by atoms with Crippen molar-refractivity contribution in [1.82, 2.24) is 0 Å². The molecule has 0 aromatic carbocycles. The maximum absolute atomic E-state index is 10.8. The number of rotatable bonds is 3. The van der Waals surface area contributed by atoms with Gasteiger partial charge in [-0.05, 0) is 37.7 Å². The standard InChI is InChI=1S/C15H22O2/c16-15(10-7-12-4-1-2-5-12)9-3-6-14-13(15)8-11-17-14/h8,11-12,16H,1-7,9-10H2. The summed E-state index contributed by atoms with van der Waals surface area (Å²) in [5, 5.41) is 10.8. The van der Waals surface area contributed by atoms with Crippen LogP contribution in [-0.4, -0.2) is 5.11 Å². The summed E-state index contributed by atoms with van der Waals surface area (Å²) in [6.07, 6.45) is 12.3. The van der Waals surface area contributed by atoms with Crippen LogP contribution >= 0.6 is 0 Å². The summed E-state index contributed by atoms with van der Waals surface area (Å²) in [6, 6.07) is 1.98. The second-order valence-electron chi connectivity index (χ2n) is 5.83. The van der Waals surface area contributed by atoms with Crippen LogP contribution in [0.15, 0.2) is 16.7 Å². The molecule has 1 saturated carbocycles. The third kappa shape index (κ3) is 2.15. The van der Waals surface area contributed by atoms with Crippen molar-refractivity contribution in [3.8, 4) is 0 Å². The number of aryl methyl sites for hydroxylation is 1. The average Bonchev–Trinajstić information content (AvgIpc) is 2.98. The molecule has 0 radical (unpaired) electrons. The van der Waals surface area contributed by atoms with Crippen molar-refractivity contribution in [3.63, 3.8) is 0 Å². The second kappa shape index (κ2) is 4.49. The quantitative estimate of drug-likeness (QED) is 0.863. The highest BCUT2D eigenvalue weighted by Gasteiger charge is 2.36. The number of hydrogen-bond acceptors (Lipinski definition) is 2. The van der Waals surface area contributed by atoms with Crippen molar-refractivity contribution in [2.45, 2.75) is 63.4 Å². The van der Waals surface area contributed by atoms with Crippen LogP contribution in [0.2, 0.25) is 0 Å². The molecular formula is C15H22O2.